The first kappa shape index (κ1) is 8.52. The molecule has 0 saturated heterocycles. The monoisotopic (exact) mass is 178 g/mol. The van der Waals surface area contributed by atoms with Crippen molar-refractivity contribution in [2.45, 2.75) is 31.6 Å². The van der Waals surface area contributed by atoms with Gasteiger partial charge in [0, 0.05) is 0 Å². The number of rotatable bonds is 4. The van der Waals surface area contributed by atoms with Crippen LogP contribution in [-0.4, -0.2) is 29.6 Å². The van der Waals surface area contributed by atoms with E-state index in [1.807, 2.05) is 0 Å². The molecule has 8 heavy (non-hydrogen) atoms. The van der Waals surface area contributed by atoms with Gasteiger partial charge in [-0.3, -0.25) is 0 Å². The normalized spacial score (nSPS) is 10.5. The molecular weight excluding hydrogens is 163 g/mol. The number of hydrogen-bond acceptors (Lipinski definition) is 1. The van der Waals surface area contributed by atoms with Crippen molar-refractivity contribution in [2.24, 2.45) is 0 Å². The second kappa shape index (κ2) is 5.65. The molecule has 50 valence electrons. The first-order valence-corrected chi connectivity index (χ1v) is 4.80. The van der Waals surface area contributed by atoms with Crippen LogP contribution in [0.1, 0.15) is 20.3 Å². The minimum absolute atomic E-state index is 0.411. The van der Waals surface area contributed by atoms with Crippen molar-refractivity contribution in [1.82, 2.24) is 0 Å². The van der Waals surface area contributed by atoms with Crippen LogP contribution in [0.5, 0.6) is 0 Å². The molecule has 0 saturated carbocycles. The average molecular weight is 178 g/mol. The molecule has 0 radical (unpaired) electrons. The summed E-state index contributed by atoms with van der Waals surface area (Å²) in [5.74, 6) is 0. The Hall–Kier alpha value is 0.518. The Morgan fingerprint density at radius 1 is 1.50 bits per heavy atom. The Morgan fingerprint density at radius 2 is 2.12 bits per heavy atom. The molecule has 0 bridgehead atoms. The van der Waals surface area contributed by atoms with E-state index in [1.54, 1.807) is 16.9 Å². The second-order valence-corrected chi connectivity index (χ2v) is 3.27. The maximum absolute atomic E-state index is 5.29. The Balaban J connectivity index is 2.72. The van der Waals surface area contributed by atoms with Crippen LogP contribution in [0.2, 0.25) is 5.21 Å². The van der Waals surface area contributed by atoms with Gasteiger partial charge >= 0.3 is 59.8 Å². The summed E-state index contributed by atoms with van der Waals surface area (Å²) < 4.78 is 5.29. The van der Waals surface area contributed by atoms with Crippen molar-refractivity contribution in [3.63, 3.8) is 0 Å². The Morgan fingerprint density at radius 3 is 2.50 bits per heavy atom. The van der Waals surface area contributed by atoms with Gasteiger partial charge in [-0.1, -0.05) is 0 Å². The molecule has 0 N–H and O–H groups in total. The molecule has 0 aliphatic rings. The molecule has 0 amide bonds. The van der Waals surface area contributed by atoms with Crippen LogP contribution >= 0.6 is 0 Å². The van der Waals surface area contributed by atoms with E-state index in [-0.39, 0.29) is 0 Å². The van der Waals surface area contributed by atoms with Gasteiger partial charge in [-0.15, -0.1) is 0 Å². The fourth-order valence-electron chi connectivity index (χ4n) is 0.402. The quantitative estimate of drug-likeness (QED) is 0.458. The van der Waals surface area contributed by atoms with E-state index in [9.17, 15) is 0 Å². The second-order valence-electron chi connectivity index (χ2n) is 2.06. The van der Waals surface area contributed by atoms with E-state index in [1.165, 1.54) is 11.6 Å². The molecule has 0 fully saturated rings. The summed E-state index contributed by atoms with van der Waals surface area (Å²) in [6.07, 6.45) is 1.63. The number of ether oxygens (including phenoxy) is 1. The molecule has 0 aromatic rings. The fourth-order valence-corrected chi connectivity index (χ4v) is 0.752. The third-order valence-corrected chi connectivity index (χ3v) is 1.66. The van der Waals surface area contributed by atoms with Crippen LogP contribution in [-0.2, 0) is 4.74 Å². The van der Waals surface area contributed by atoms with Crippen molar-refractivity contribution >= 4 is 16.9 Å². The zero-order valence-electron chi connectivity index (χ0n) is 5.68. The van der Waals surface area contributed by atoms with Gasteiger partial charge in [-0.2, -0.15) is 0 Å². The zero-order chi connectivity index (χ0) is 6.41. The molecule has 0 aliphatic heterocycles. The van der Waals surface area contributed by atoms with Crippen LogP contribution in [0.3, 0.4) is 0 Å². The molecule has 2 heteroatoms. The van der Waals surface area contributed by atoms with Crippen molar-refractivity contribution in [2.75, 3.05) is 6.61 Å². The molecule has 0 spiro atoms. The van der Waals surface area contributed by atoms with Crippen LogP contribution < -0.4 is 0 Å². The molecule has 1 nitrogen and oxygen atoms in total. The predicted molar refractivity (Wildman–Crippen MR) is 39.1 cm³/mol. The van der Waals surface area contributed by atoms with Crippen LogP contribution in [0.4, 0.5) is 0 Å². The van der Waals surface area contributed by atoms with Gasteiger partial charge in [0.25, 0.3) is 0 Å². The zero-order valence-corrected chi connectivity index (χ0v) is 8.11. The molecule has 0 aliphatic carbocycles. The van der Waals surface area contributed by atoms with Gasteiger partial charge in [0.05, 0.1) is 0 Å². The van der Waals surface area contributed by atoms with Crippen LogP contribution in [0.15, 0.2) is 0 Å². The Kier molecular flexibility index (Phi) is 6.02. The van der Waals surface area contributed by atoms with Gasteiger partial charge in [0.1, 0.15) is 0 Å². The maximum atomic E-state index is 5.29. The van der Waals surface area contributed by atoms with Gasteiger partial charge in [0.15, 0.2) is 0 Å². The van der Waals surface area contributed by atoms with Crippen molar-refractivity contribution < 1.29 is 4.74 Å². The van der Waals surface area contributed by atoms with E-state index in [0.717, 1.165) is 6.61 Å². The summed E-state index contributed by atoms with van der Waals surface area (Å²) in [5, 5.41) is 1.29. The summed E-state index contributed by atoms with van der Waals surface area (Å²) in [7, 11) is 0. The first-order valence-electron chi connectivity index (χ1n) is 3.09. The molecule has 0 aromatic heterocycles. The van der Waals surface area contributed by atoms with E-state index in [2.05, 4.69) is 13.8 Å². The van der Waals surface area contributed by atoms with E-state index in [0.29, 0.717) is 6.10 Å². The summed E-state index contributed by atoms with van der Waals surface area (Å²) in [4.78, 5) is 0. The molecule has 1 atom stereocenters. The topological polar surface area (TPSA) is 9.23 Å². The number of hydrogen-bond donors (Lipinski definition) is 0. The molecule has 0 aromatic carbocycles. The van der Waals surface area contributed by atoms with Crippen LogP contribution in [0, 0.1) is 0 Å². The first-order chi connectivity index (χ1) is 3.77. The summed E-state index contributed by atoms with van der Waals surface area (Å²) >= 11 is 1.79. The molecule has 1 unspecified atom stereocenters. The fraction of sp³-hybridized carbons (Fsp3) is 1.00. The summed E-state index contributed by atoms with van der Waals surface area (Å²) in [6, 6.07) is 0. The summed E-state index contributed by atoms with van der Waals surface area (Å²) in [6.45, 7) is 5.08. The van der Waals surface area contributed by atoms with Crippen LogP contribution in [0.25, 0.3) is 0 Å². The SMILES string of the molecule is CC(C)OCCC[AsH2]. The third kappa shape index (κ3) is 6.52. The van der Waals surface area contributed by atoms with Gasteiger partial charge in [0.2, 0.25) is 0 Å². The molecular formula is C6H15AsO. The van der Waals surface area contributed by atoms with E-state index >= 15 is 0 Å². The Labute approximate surface area is 60.3 Å². The van der Waals surface area contributed by atoms with Gasteiger partial charge in [-0.25, -0.2) is 0 Å². The minimum atomic E-state index is 0.411. The summed E-state index contributed by atoms with van der Waals surface area (Å²) in [5.41, 5.74) is 0. The van der Waals surface area contributed by atoms with Crippen molar-refractivity contribution in [1.29, 1.82) is 0 Å². The third-order valence-electron chi connectivity index (χ3n) is 0.800. The average Bonchev–Trinajstić information content (AvgIpc) is 1.66. The van der Waals surface area contributed by atoms with Crippen molar-refractivity contribution in [3.05, 3.63) is 0 Å². The van der Waals surface area contributed by atoms with Crippen molar-refractivity contribution in [3.8, 4) is 0 Å². The van der Waals surface area contributed by atoms with Gasteiger partial charge < -0.3 is 0 Å². The molecule has 0 rings (SSSR count). The standard InChI is InChI=1S/C6H15AsO/c1-6(2)8-5-3-4-7/h6H,3-5,7H2,1-2H3. The Bertz CT molecular complexity index is 45.8. The van der Waals surface area contributed by atoms with E-state index < -0.39 is 0 Å². The van der Waals surface area contributed by atoms with Gasteiger partial charge in [-0.05, 0) is 0 Å². The van der Waals surface area contributed by atoms with E-state index in [4.69, 9.17) is 4.74 Å². The molecule has 0 heterocycles. The predicted octanol–water partition coefficient (Wildman–Crippen LogP) is 0.853.